The van der Waals surface area contributed by atoms with Gasteiger partial charge < -0.3 is 10.0 Å². The van der Waals surface area contributed by atoms with Crippen LogP contribution in [-0.4, -0.2) is 33.6 Å². The SMILES string of the molecule is Cc1cc(C)nc(N2CCCC[C@@H]2C(=O)O)n1. The van der Waals surface area contributed by atoms with Crippen molar-refractivity contribution in [1.29, 1.82) is 0 Å². The molecule has 0 aromatic carbocycles. The first-order valence-electron chi connectivity index (χ1n) is 5.89. The summed E-state index contributed by atoms with van der Waals surface area (Å²) in [5, 5.41) is 9.21. The van der Waals surface area contributed by atoms with Crippen LogP contribution < -0.4 is 4.90 Å². The molecule has 5 nitrogen and oxygen atoms in total. The number of aliphatic carboxylic acids is 1. The lowest BCUT2D eigenvalue weighted by molar-refractivity contribution is -0.139. The highest BCUT2D eigenvalue weighted by Gasteiger charge is 2.30. The van der Waals surface area contributed by atoms with E-state index in [2.05, 4.69) is 9.97 Å². The van der Waals surface area contributed by atoms with Gasteiger partial charge in [-0.2, -0.15) is 0 Å². The minimum atomic E-state index is -0.785. The van der Waals surface area contributed by atoms with Crippen molar-refractivity contribution >= 4 is 11.9 Å². The van der Waals surface area contributed by atoms with Gasteiger partial charge in [0.05, 0.1) is 0 Å². The van der Waals surface area contributed by atoms with Crippen LogP contribution in [0.1, 0.15) is 30.7 Å². The smallest absolute Gasteiger partial charge is 0.326 e. The molecular formula is C12H17N3O2. The van der Waals surface area contributed by atoms with Gasteiger partial charge in [0.1, 0.15) is 6.04 Å². The summed E-state index contributed by atoms with van der Waals surface area (Å²) in [5.74, 6) is -0.234. The number of carboxylic acid groups (broad SMARTS) is 1. The molecule has 0 aliphatic carbocycles. The number of piperidine rings is 1. The second-order valence-electron chi connectivity index (χ2n) is 4.49. The summed E-state index contributed by atoms with van der Waals surface area (Å²) in [6, 6.07) is 1.41. The fourth-order valence-corrected chi connectivity index (χ4v) is 2.26. The molecule has 0 saturated carbocycles. The van der Waals surface area contributed by atoms with Gasteiger partial charge in [-0.25, -0.2) is 14.8 Å². The third-order valence-corrected chi connectivity index (χ3v) is 3.02. The lowest BCUT2D eigenvalue weighted by Gasteiger charge is -2.33. The van der Waals surface area contributed by atoms with Crippen LogP contribution in [-0.2, 0) is 4.79 Å². The molecule has 1 N–H and O–H groups in total. The van der Waals surface area contributed by atoms with Crippen molar-refractivity contribution in [2.75, 3.05) is 11.4 Å². The van der Waals surface area contributed by atoms with Crippen LogP contribution in [0.3, 0.4) is 0 Å². The first-order chi connectivity index (χ1) is 8.08. The summed E-state index contributed by atoms with van der Waals surface area (Å²) < 4.78 is 0. The summed E-state index contributed by atoms with van der Waals surface area (Å²) >= 11 is 0. The zero-order valence-electron chi connectivity index (χ0n) is 10.2. The van der Waals surface area contributed by atoms with Crippen LogP contribution in [0.2, 0.25) is 0 Å². The van der Waals surface area contributed by atoms with E-state index in [1.54, 1.807) is 0 Å². The molecule has 1 aliphatic heterocycles. The van der Waals surface area contributed by atoms with Gasteiger partial charge in [-0.05, 0) is 39.2 Å². The maximum absolute atomic E-state index is 11.2. The standard InChI is InChI=1S/C12H17N3O2/c1-8-7-9(2)14-12(13-8)15-6-4-3-5-10(15)11(16)17/h7,10H,3-6H2,1-2H3,(H,16,17)/t10-/m1/s1. The third-order valence-electron chi connectivity index (χ3n) is 3.02. The minimum absolute atomic E-state index is 0.482. The normalized spacial score (nSPS) is 20.4. The number of carboxylic acids is 1. The van der Waals surface area contributed by atoms with E-state index in [0.29, 0.717) is 12.4 Å². The Morgan fingerprint density at radius 1 is 1.35 bits per heavy atom. The van der Waals surface area contributed by atoms with Gasteiger partial charge in [0, 0.05) is 17.9 Å². The molecule has 0 spiro atoms. The van der Waals surface area contributed by atoms with Crippen molar-refractivity contribution in [2.45, 2.75) is 39.2 Å². The van der Waals surface area contributed by atoms with E-state index in [1.165, 1.54) is 0 Å². The molecule has 1 fully saturated rings. The van der Waals surface area contributed by atoms with E-state index in [0.717, 1.165) is 30.8 Å². The minimum Gasteiger partial charge on any atom is -0.480 e. The molecule has 92 valence electrons. The second-order valence-corrected chi connectivity index (χ2v) is 4.49. The van der Waals surface area contributed by atoms with Crippen molar-refractivity contribution in [3.05, 3.63) is 17.5 Å². The van der Waals surface area contributed by atoms with E-state index in [1.807, 2.05) is 24.8 Å². The molecule has 2 rings (SSSR count). The van der Waals surface area contributed by atoms with Crippen LogP contribution in [0.25, 0.3) is 0 Å². The lowest BCUT2D eigenvalue weighted by Crippen LogP contribution is -2.45. The Balaban J connectivity index is 2.32. The Morgan fingerprint density at radius 2 is 2.00 bits per heavy atom. The van der Waals surface area contributed by atoms with Crippen molar-refractivity contribution in [2.24, 2.45) is 0 Å². The molecule has 1 atom stereocenters. The van der Waals surface area contributed by atoms with Crippen LogP contribution in [0.5, 0.6) is 0 Å². The Labute approximate surface area is 100 Å². The zero-order chi connectivity index (χ0) is 12.4. The summed E-state index contributed by atoms with van der Waals surface area (Å²) in [5.41, 5.74) is 1.75. The highest BCUT2D eigenvalue weighted by molar-refractivity contribution is 5.77. The van der Waals surface area contributed by atoms with Crippen molar-refractivity contribution in [3.8, 4) is 0 Å². The number of hydrogen-bond donors (Lipinski definition) is 1. The molecular weight excluding hydrogens is 218 g/mol. The van der Waals surface area contributed by atoms with Crippen LogP contribution >= 0.6 is 0 Å². The average Bonchev–Trinajstić information content (AvgIpc) is 2.27. The summed E-state index contributed by atoms with van der Waals surface area (Å²) in [6.07, 6.45) is 2.63. The Kier molecular flexibility index (Phi) is 3.26. The van der Waals surface area contributed by atoms with E-state index >= 15 is 0 Å². The molecule has 0 radical (unpaired) electrons. The third kappa shape index (κ3) is 2.54. The predicted octanol–water partition coefficient (Wildman–Crippen LogP) is 1.54. The fourth-order valence-electron chi connectivity index (χ4n) is 2.26. The number of carbonyl (C=O) groups is 1. The number of aryl methyl sites for hydroxylation is 2. The molecule has 1 aliphatic rings. The maximum atomic E-state index is 11.2. The maximum Gasteiger partial charge on any atom is 0.326 e. The fraction of sp³-hybridized carbons (Fsp3) is 0.583. The topological polar surface area (TPSA) is 66.3 Å². The summed E-state index contributed by atoms with van der Waals surface area (Å²) in [7, 11) is 0. The number of rotatable bonds is 2. The van der Waals surface area contributed by atoms with Gasteiger partial charge in [-0.1, -0.05) is 0 Å². The predicted molar refractivity (Wildman–Crippen MR) is 64.1 cm³/mol. The van der Waals surface area contributed by atoms with Crippen molar-refractivity contribution < 1.29 is 9.90 Å². The van der Waals surface area contributed by atoms with E-state index in [9.17, 15) is 9.90 Å². The van der Waals surface area contributed by atoms with Gasteiger partial charge in [0.25, 0.3) is 0 Å². The van der Waals surface area contributed by atoms with Crippen LogP contribution in [0, 0.1) is 13.8 Å². The molecule has 1 aromatic rings. The van der Waals surface area contributed by atoms with Gasteiger partial charge in [0.2, 0.25) is 5.95 Å². The highest BCUT2D eigenvalue weighted by atomic mass is 16.4. The molecule has 0 unspecified atom stereocenters. The van der Waals surface area contributed by atoms with E-state index < -0.39 is 12.0 Å². The van der Waals surface area contributed by atoms with Crippen LogP contribution in [0.4, 0.5) is 5.95 Å². The number of anilines is 1. The first kappa shape index (κ1) is 11.8. The van der Waals surface area contributed by atoms with E-state index in [4.69, 9.17) is 0 Å². The van der Waals surface area contributed by atoms with E-state index in [-0.39, 0.29) is 0 Å². The van der Waals surface area contributed by atoms with Gasteiger partial charge in [0.15, 0.2) is 0 Å². The molecule has 0 amide bonds. The molecule has 17 heavy (non-hydrogen) atoms. The van der Waals surface area contributed by atoms with Gasteiger partial charge in [-0.15, -0.1) is 0 Å². The highest BCUT2D eigenvalue weighted by Crippen LogP contribution is 2.22. The molecule has 1 saturated heterocycles. The Morgan fingerprint density at radius 3 is 2.59 bits per heavy atom. The lowest BCUT2D eigenvalue weighted by atomic mass is 10.0. The largest absolute Gasteiger partial charge is 0.480 e. The monoisotopic (exact) mass is 235 g/mol. The quantitative estimate of drug-likeness (QED) is 0.842. The molecule has 1 aromatic heterocycles. The summed E-state index contributed by atoms with van der Waals surface area (Å²) in [6.45, 7) is 4.52. The molecule has 2 heterocycles. The van der Waals surface area contributed by atoms with Crippen molar-refractivity contribution in [3.63, 3.8) is 0 Å². The van der Waals surface area contributed by atoms with Crippen LogP contribution in [0.15, 0.2) is 6.07 Å². The van der Waals surface area contributed by atoms with Gasteiger partial charge in [-0.3, -0.25) is 0 Å². The molecule has 0 bridgehead atoms. The number of aromatic nitrogens is 2. The Hall–Kier alpha value is -1.65. The average molecular weight is 235 g/mol. The number of nitrogens with zero attached hydrogens (tertiary/aromatic N) is 3. The van der Waals surface area contributed by atoms with Crippen molar-refractivity contribution in [1.82, 2.24) is 9.97 Å². The second kappa shape index (κ2) is 4.69. The molecule has 5 heteroatoms. The Bertz CT molecular complexity index is 414. The number of hydrogen-bond acceptors (Lipinski definition) is 4. The zero-order valence-corrected chi connectivity index (χ0v) is 10.2. The summed E-state index contributed by atoms with van der Waals surface area (Å²) in [4.78, 5) is 21.7. The van der Waals surface area contributed by atoms with Gasteiger partial charge >= 0.3 is 5.97 Å². The first-order valence-corrected chi connectivity index (χ1v) is 5.89.